The van der Waals surface area contributed by atoms with Crippen molar-refractivity contribution in [1.29, 1.82) is 0 Å². The van der Waals surface area contributed by atoms with E-state index >= 15 is 0 Å². The van der Waals surface area contributed by atoms with Gasteiger partial charge in [0.2, 0.25) is 0 Å². The normalized spacial score (nSPS) is 23.4. The fourth-order valence-electron chi connectivity index (χ4n) is 3.14. The number of anilines is 1. The fourth-order valence-corrected chi connectivity index (χ4v) is 3.14. The third-order valence-electron chi connectivity index (χ3n) is 4.17. The molecular weight excluding hydrogens is 220 g/mol. The molecule has 18 heavy (non-hydrogen) atoms. The van der Waals surface area contributed by atoms with E-state index < -0.39 is 0 Å². The molecule has 1 fully saturated rings. The number of nitrogens with one attached hydrogen (secondary N) is 1. The Balaban J connectivity index is 1.90. The maximum absolute atomic E-state index is 4.42. The molecule has 3 rings (SSSR count). The Morgan fingerprint density at radius 3 is 3.06 bits per heavy atom. The van der Waals surface area contributed by atoms with Gasteiger partial charge in [-0.15, -0.1) is 0 Å². The van der Waals surface area contributed by atoms with Crippen LogP contribution in [0.2, 0.25) is 0 Å². The smallest absolute Gasteiger partial charge is 0.0722 e. The van der Waals surface area contributed by atoms with Crippen molar-refractivity contribution >= 4 is 16.6 Å². The molecule has 1 saturated carbocycles. The molecule has 1 N–H and O–H groups in total. The summed E-state index contributed by atoms with van der Waals surface area (Å²) in [5.74, 6) is 0.830. The van der Waals surface area contributed by atoms with E-state index in [4.69, 9.17) is 0 Å². The van der Waals surface area contributed by atoms with Gasteiger partial charge in [0.1, 0.15) is 0 Å². The lowest BCUT2D eigenvalue weighted by Crippen LogP contribution is -2.23. The predicted molar refractivity (Wildman–Crippen MR) is 76.8 cm³/mol. The fraction of sp³-hybridized carbons (Fsp3) is 0.438. The van der Waals surface area contributed by atoms with Crippen molar-refractivity contribution in [3.05, 3.63) is 36.5 Å². The minimum Gasteiger partial charge on any atom is -0.381 e. The molecule has 1 aliphatic carbocycles. The second-order valence-electron chi connectivity index (χ2n) is 5.23. The number of aromatic nitrogens is 1. The van der Waals surface area contributed by atoms with Crippen LogP contribution in [0.5, 0.6) is 0 Å². The summed E-state index contributed by atoms with van der Waals surface area (Å²) in [7, 11) is 0. The summed E-state index contributed by atoms with van der Waals surface area (Å²) in [4.78, 5) is 4.42. The highest BCUT2D eigenvalue weighted by molar-refractivity contribution is 5.91. The Labute approximate surface area is 108 Å². The zero-order chi connectivity index (χ0) is 12.4. The summed E-state index contributed by atoms with van der Waals surface area (Å²) in [5.41, 5.74) is 2.32. The molecule has 2 heteroatoms. The van der Waals surface area contributed by atoms with Gasteiger partial charge >= 0.3 is 0 Å². The van der Waals surface area contributed by atoms with Crippen LogP contribution < -0.4 is 5.32 Å². The van der Waals surface area contributed by atoms with Gasteiger partial charge in [0, 0.05) is 23.3 Å². The van der Waals surface area contributed by atoms with Gasteiger partial charge in [-0.25, -0.2) is 0 Å². The number of hydrogen-bond donors (Lipinski definition) is 1. The van der Waals surface area contributed by atoms with Gasteiger partial charge in [-0.1, -0.05) is 25.8 Å². The third kappa shape index (κ3) is 2.07. The topological polar surface area (TPSA) is 24.9 Å². The van der Waals surface area contributed by atoms with E-state index in [9.17, 15) is 0 Å². The van der Waals surface area contributed by atoms with E-state index in [0.29, 0.717) is 6.04 Å². The van der Waals surface area contributed by atoms with E-state index in [2.05, 4.69) is 41.5 Å². The quantitative estimate of drug-likeness (QED) is 0.868. The first-order valence-corrected chi connectivity index (χ1v) is 6.99. The number of rotatable bonds is 3. The average molecular weight is 240 g/mol. The molecule has 2 aromatic rings. The van der Waals surface area contributed by atoms with Gasteiger partial charge in [0.25, 0.3) is 0 Å². The van der Waals surface area contributed by atoms with Crippen molar-refractivity contribution in [1.82, 2.24) is 4.98 Å². The lowest BCUT2D eigenvalue weighted by Gasteiger charge is -2.21. The highest BCUT2D eigenvalue weighted by Crippen LogP contribution is 2.32. The van der Waals surface area contributed by atoms with Crippen LogP contribution in [0.4, 0.5) is 5.69 Å². The summed E-state index contributed by atoms with van der Waals surface area (Å²) < 4.78 is 0. The monoisotopic (exact) mass is 240 g/mol. The SMILES string of the molecule is CCC1CCCC1Nc1cccc2ncccc12. The number of benzene rings is 1. The highest BCUT2D eigenvalue weighted by Gasteiger charge is 2.25. The second-order valence-corrected chi connectivity index (χ2v) is 5.23. The zero-order valence-corrected chi connectivity index (χ0v) is 10.9. The van der Waals surface area contributed by atoms with Crippen LogP contribution in [-0.2, 0) is 0 Å². The van der Waals surface area contributed by atoms with Gasteiger partial charge in [-0.05, 0) is 43.0 Å². The van der Waals surface area contributed by atoms with Crippen LogP contribution in [0.1, 0.15) is 32.6 Å². The summed E-state index contributed by atoms with van der Waals surface area (Å²) in [5, 5.41) is 4.98. The molecule has 1 aromatic carbocycles. The minimum absolute atomic E-state index is 0.640. The molecule has 0 amide bonds. The molecule has 94 valence electrons. The van der Waals surface area contributed by atoms with E-state index in [-0.39, 0.29) is 0 Å². The molecule has 1 aromatic heterocycles. The van der Waals surface area contributed by atoms with Crippen molar-refractivity contribution in [3.8, 4) is 0 Å². The summed E-state index contributed by atoms with van der Waals surface area (Å²) in [6.45, 7) is 2.30. The maximum Gasteiger partial charge on any atom is 0.0722 e. The zero-order valence-electron chi connectivity index (χ0n) is 10.9. The van der Waals surface area contributed by atoms with Crippen LogP contribution in [-0.4, -0.2) is 11.0 Å². The summed E-state index contributed by atoms with van der Waals surface area (Å²) >= 11 is 0. The molecule has 0 aliphatic heterocycles. The predicted octanol–water partition coefficient (Wildman–Crippen LogP) is 4.23. The van der Waals surface area contributed by atoms with Gasteiger partial charge in [0.15, 0.2) is 0 Å². The Morgan fingerprint density at radius 1 is 1.22 bits per heavy atom. The van der Waals surface area contributed by atoms with Crippen molar-refractivity contribution in [2.75, 3.05) is 5.32 Å². The largest absolute Gasteiger partial charge is 0.381 e. The number of hydrogen-bond acceptors (Lipinski definition) is 2. The highest BCUT2D eigenvalue weighted by atomic mass is 14.9. The van der Waals surface area contributed by atoms with E-state index in [0.717, 1.165) is 11.4 Å². The summed E-state index contributed by atoms with van der Waals surface area (Å²) in [6.07, 6.45) is 7.17. The van der Waals surface area contributed by atoms with Crippen molar-refractivity contribution in [2.24, 2.45) is 5.92 Å². The molecule has 2 unspecified atom stereocenters. The standard InChI is InChI=1S/C16H20N2/c1-2-12-6-3-8-14(12)18-16-10-4-9-15-13(16)7-5-11-17-15/h4-5,7,9-12,14,18H,2-3,6,8H2,1H3. The van der Waals surface area contributed by atoms with Crippen molar-refractivity contribution in [2.45, 2.75) is 38.6 Å². The van der Waals surface area contributed by atoms with Gasteiger partial charge in [-0.2, -0.15) is 0 Å². The van der Waals surface area contributed by atoms with Crippen molar-refractivity contribution in [3.63, 3.8) is 0 Å². The van der Waals surface area contributed by atoms with E-state index in [1.807, 2.05) is 12.3 Å². The van der Waals surface area contributed by atoms with Crippen LogP contribution in [0.25, 0.3) is 10.9 Å². The number of fused-ring (bicyclic) bond motifs is 1. The van der Waals surface area contributed by atoms with Crippen LogP contribution >= 0.6 is 0 Å². The van der Waals surface area contributed by atoms with Gasteiger partial charge < -0.3 is 5.32 Å². The van der Waals surface area contributed by atoms with E-state index in [1.54, 1.807) is 0 Å². The second kappa shape index (κ2) is 4.97. The molecule has 0 bridgehead atoms. The lowest BCUT2D eigenvalue weighted by molar-refractivity contribution is 0.489. The molecular formula is C16H20N2. The molecule has 1 aliphatic rings. The molecule has 0 saturated heterocycles. The number of pyridine rings is 1. The lowest BCUT2D eigenvalue weighted by atomic mass is 10.00. The molecule has 2 nitrogen and oxygen atoms in total. The average Bonchev–Trinajstić information content (AvgIpc) is 2.86. The van der Waals surface area contributed by atoms with E-state index in [1.165, 1.54) is 36.8 Å². The Hall–Kier alpha value is -1.57. The molecule has 0 spiro atoms. The Bertz CT molecular complexity index is 530. The molecule has 1 heterocycles. The van der Waals surface area contributed by atoms with Crippen molar-refractivity contribution < 1.29 is 0 Å². The molecule has 2 atom stereocenters. The first kappa shape index (κ1) is 11.5. The molecule has 0 radical (unpaired) electrons. The third-order valence-corrected chi connectivity index (χ3v) is 4.17. The van der Waals surface area contributed by atoms with Crippen LogP contribution in [0, 0.1) is 5.92 Å². The maximum atomic E-state index is 4.42. The first-order chi connectivity index (χ1) is 8.88. The van der Waals surface area contributed by atoms with Crippen LogP contribution in [0.3, 0.4) is 0 Å². The number of nitrogens with zero attached hydrogens (tertiary/aromatic N) is 1. The first-order valence-electron chi connectivity index (χ1n) is 6.99. The van der Waals surface area contributed by atoms with Crippen LogP contribution in [0.15, 0.2) is 36.5 Å². The Kier molecular flexibility index (Phi) is 3.18. The minimum atomic E-state index is 0.640. The summed E-state index contributed by atoms with van der Waals surface area (Å²) in [6, 6.07) is 11.1. The van der Waals surface area contributed by atoms with Gasteiger partial charge in [-0.3, -0.25) is 4.98 Å². The van der Waals surface area contributed by atoms with Gasteiger partial charge in [0.05, 0.1) is 5.52 Å². The Morgan fingerprint density at radius 2 is 2.17 bits per heavy atom.